The molecule has 0 unspecified atom stereocenters. The van der Waals surface area contributed by atoms with E-state index in [1.54, 1.807) is 0 Å². The lowest BCUT2D eigenvalue weighted by molar-refractivity contribution is -0.120. The lowest BCUT2D eigenvalue weighted by Gasteiger charge is -2.14. The Hall–Kier alpha value is -2.57. The molecule has 1 heterocycles. The smallest absolute Gasteiger partial charge is 0.259 e. The zero-order valence-electron chi connectivity index (χ0n) is 15.4. The monoisotopic (exact) mass is 430 g/mol. The second-order valence-electron chi connectivity index (χ2n) is 5.87. The van der Waals surface area contributed by atoms with Crippen LogP contribution < -0.4 is 10.8 Å². The molecule has 2 rings (SSSR count). The molecule has 0 saturated heterocycles. The van der Waals surface area contributed by atoms with Crippen LogP contribution in [0, 0.1) is 0 Å². The molecule has 28 heavy (non-hydrogen) atoms. The number of hydrogen-bond donors (Lipinski definition) is 2. The van der Waals surface area contributed by atoms with Crippen molar-refractivity contribution < 1.29 is 22.8 Å². The van der Waals surface area contributed by atoms with Gasteiger partial charge in [-0.2, -0.15) is 0 Å². The number of halogens is 1. The third kappa shape index (κ3) is 5.47. The molecule has 0 bridgehead atoms. The Labute approximate surface area is 166 Å². The van der Waals surface area contributed by atoms with Gasteiger partial charge in [-0.15, -0.1) is 0 Å². The number of rotatable bonds is 9. The standard InChI is InChI=1S/C15H19ClN6O5S/c1-4-5-22-15(18-20-21-22)17-14(24)10-6-12(19-27-8-9(2)23)13(7-11(10)16)28(3,25)26/h6-7,19H,4-5,8H2,1-3H3,(H,17,18,21,24). The van der Waals surface area contributed by atoms with Gasteiger partial charge in [0.2, 0.25) is 5.95 Å². The van der Waals surface area contributed by atoms with Crippen molar-refractivity contribution in [2.24, 2.45) is 0 Å². The van der Waals surface area contributed by atoms with Crippen LogP contribution in [-0.4, -0.2) is 53.2 Å². The molecule has 0 saturated carbocycles. The van der Waals surface area contributed by atoms with Gasteiger partial charge in [0.05, 0.1) is 21.2 Å². The minimum absolute atomic E-state index is 0.0333. The Morgan fingerprint density at radius 1 is 1.32 bits per heavy atom. The van der Waals surface area contributed by atoms with E-state index in [1.807, 2.05) is 6.92 Å². The molecule has 2 N–H and O–H groups in total. The number of sulfone groups is 1. The van der Waals surface area contributed by atoms with E-state index in [-0.39, 0.29) is 39.5 Å². The summed E-state index contributed by atoms with van der Waals surface area (Å²) in [6.45, 7) is 3.43. The largest absolute Gasteiger partial charge is 0.297 e. The number of benzene rings is 1. The first kappa shape index (κ1) is 21.7. The molecule has 0 atom stereocenters. The lowest BCUT2D eigenvalue weighted by atomic mass is 10.2. The second-order valence-corrected chi connectivity index (χ2v) is 8.26. The number of carbonyl (C=O) groups excluding carboxylic acids is 2. The topological polar surface area (TPSA) is 145 Å². The van der Waals surface area contributed by atoms with Gasteiger partial charge in [0, 0.05) is 12.8 Å². The Kier molecular flexibility index (Phi) is 7.05. The molecule has 0 spiro atoms. The average Bonchev–Trinajstić information content (AvgIpc) is 3.01. The van der Waals surface area contributed by atoms with E-state index in [0.717, 1.165) is 18.7 Å². The molecule has 11 nitrogen and oxygen atoms in total. The van der Waals surface area contributed by atoms with Crippen molar-refractivity contribution >= 4 is 44.8 Å². The third-order valence-electron chi connectivity index (χ3n) is 3.36. The normalized spacial score (nSPS) is 11.3. The van der Waals surface area contributed by atoms with Crippen molar-refractivity contribution in [3.63, 3.8) is 0 Å². The predicted octanol–water partition coefficient (Wildman–Crippen LogP) is 1.32. The van der Waals surface area contributed by atoms with Crippen molar-refractivity contribution in [1.29, 1.82) is 0 Å². The maximum atomic E-state index is 12.6. The Morgan fingerprint density at radius 3 is 2.64 bits per heavy atom. The first-order chi connectivity index (χ1) is 13.1. The highest BCUT2D eigenvalue weighted by Crippen LogP contribution is 2.29. The van der Waals surface area contributed by atoms with Crippen LogP contribution in [-0.2, 0) is 26.0 Å². The number of nitrogens with zero attached hydrogens (tertiary/aromatic N) is 4. The Bertz CT molecular complexity index is 991. The van der Waals surface area contributed by atoms with Crippen LogP contribution in [0.1, 0.15) is 30.6 Å². The van der Waals surface area contributed by atoms with Crippen LogP contribution in [0.25, 0.3) is 0 Å². The number of carbonyl (C=O) groups is 2. The molecular formula is C15H19ClN6O5S. The molecule has 1 amide bonds. The summed E-state index contributed by atoms with van der Waals surface area (Å²) < 4.78 is 25.4. The van der Waals surface area contributed by atoms with Gasteiger partial charge in [-0.05, 0) is 35.9 Å². The third-order valence-corrected chi connectivity index (χ3v) is 4.81. The molecular weight excluding hydrogens is 412 g/mol. The number of amides is 1. The summed E-state index contributed by atoms with van der Waals surface area (Å²) in [6.07, 6.45) is 1.73. The Morgan fingerprint density at radius 2 is 2.04 bits per heavy atom. The van der Waals surface area contributed by atoms with Gasteiger partial charge in [-0.1, -0.05) is 23.6 Å². The van der Waals surface area contributed by atoms with Crippen LogP contribution in [0.15, 0.2) is 17.0 Å². The summed E-state index contributed by atoms with van der Waals surface area (Å²) >= 11 is 6.12. The summed E-state index contributed by atoms with van der Waals surface area (Å²) in [5, 5.41) is 13.4. The van der Waals surface area contributed by atoms with Crippen molar-refractivity contribution in [3.8, 4) is 0 Å². The zero-order valence-corrected chi connectivity index (χ0v) is 17.0. The molecule has 2 aromatic rings. The number of anilines is 2. The van der Waals surface area contributed by atoms with Crippen LogP contribution >= 0.6 is 11.6 Å². The number of tetrazole rings is 1. The summed E-state index contributed by atoms with van der Waals surface area (Å²) in [7, 11) is -3.69. The Balaban J connectivity index is 2.36. The quantitative estimate of drug-likeness (QED) is 0.562. The summed E-state index contributed by atoms with van der Waals surface area (Å²) in [5.41, 5.74) is 2.31. The van der Waals surface area contributed by atoms with Gasteiger partial charge < -0.3 is 0 Å². The van der Waals surface area contributed by atoms with E-state index in [0.29, 0.717) is 6.54 Å². The molecule has 0 fully saturated rings. The molecule has 0 aliphatic rings. The minimum Gasteiger partial charge on any atom is -0.297 e. The fourth-order valence-corrected chi connectivity index (χ4v) is 3.30. The van der Waals surface area contributed by atoms with Crippen LogP contribution in [0.2, 0.25) is 5.02 Å². The highest BCUT2D eigenvalue weighted by molar-refractivity contribution is 7.90. The van der Waals surface area contributed by atoms with E-state index in [1.165, 1.54) is 17.7 Å². The van der Waals surface area contributed by atoms with Gasteiger partial charge in [-0.3, -0.25) is 25.2 Å². The molecule has 1 aromatic heterocycles. The molecule has 1 aromatic carbocycles. The fourth-order valence-electron chi connectivity index (χ4n) is 2.16. The summed E-state index contributed by atoms with van der Waals surface area (Å²) in [5.74, 6) is -0.799. The average molecular weight is 431 g/mol. The van der Waals surface area contributed by atoms with Gasteiger partial charge in [0.1, 0.15) is 6.61 Å². The minimum atomic E-state index is -3.69. The van der Waals surface area contributed by atoms with E-state index in [9.17, 15) is 18.0 Å². The molecule has 0 aliphatic carbocycles. The number of aromatic nitrogens is 4. The second kappa shape index (κ2) is 9.08. The zero-order chi connectivity index (χ0) is 20.9. The fraction of sp³-hybridized carbons (Fsp3) is 0.400. The molecule has 0 aliphatic heterocycles. The number of Topliss-reactive ketones (excluding diaryl/α,β-unsaturated/α-hetero) is 1. The molecule has 152 valence electrons. The van der Waals surface area contributed by atoms with Gasteiger partial charge >= 0.3 is 0 Å². The number of ketones is 1. The number of hydrogen-bond acceptors (Lipinski definition) is 9. The first-order valence-corrected chi connectivity index (χ1v) is 10.4. The number of aryl methyl sites for hydroxylation is 1. The maximum Gasteiger partial charge on any atom is 0.259 e. The highest BCUT2D eigenvalue weighted by atomic mass is 35.5. The maximum absolute atomic E-state index is 12.6. The van der Waals surface area contributed by atoms with Crippen molar-refractivity contribution in [1.82, 2.24) is 20.2 Å². The highest BCUT2D eigenvalue weighted by Gasteiger charge is 2.21. The number of nitrogens with one attached hydrogen (secondary N) is 2. The van der Waals surface area contributed by atoms with Crippen molar-refractivity contribution in [2.45, 2.75) is 31.7 Å². The van der Waals surface area contributed by atoms with Crippen LogP contribution in [0.3, 0.4) is 0 Å². The van der Waals surface area contributed by atoms with Crippen molar-refractivity contribution in [2.75, 3.05) is 23.7 Å². The van der Waals surface area contributed by atoms with Crippen LogP contribution in [0.5, 0.6) is 0 Å². The van der Waals surface area contributed by atoms with E-state index in [2.05, 4.69) is 26.3 Å². The van der Waals surface area contributed by atoms with Crippen molar-refractivity contribution in [3.05, 3.63) is 22.7 Å². The first-order valence-electron chi connectivity index (χ1n) is 8.11. The van der Waals surface area contributed by atoms with Gasteiger partial charge in [0.15, 0.2) is 15.6 Å². The molecule has 13 heteroatoms. The van der Waals surface area contributed by atoms with Gasteiger partial charge in [-0.25, -0.2) is 13.1 Å². The predicted molar refractivity (Wildman–Crippen MR) is 101 cm³/mol. The lowest BCUT2D eigenvalue weighted by Crippen LogP contribution is -2.18. The van der Waals surface area contributed by atoms with E-state index >= 15 is 0 Å². The van der Waals surface area contributed by atoms with E-state index in [4.69, 9.17) is 16.4 Å². The summed E-state index contributed by atoms with van der Waals surface area (Å²) in [6, 6.07) is 2.34. The van der Waals surface area contributed by atoms with E-state index < -0.39 is 15.7 Å². The SMILES string of the molecule is CCCn1nnnc1NC(=O)c1cc(NOCC(C)=O)c(S(C)(=O)=O)cc1Cl. The van der Waals surface area contributed by atoms with Gasteiger partial charge in [0.25, 0.3) is 5.91 Å². The summed E-state index contributed by atoms with van der Waals surface area (Å²) in [4.78, 5) is 28.4. The van der Waals surface area contributed by atoms with Crippen LogP contribution in [0.4, 0.5) is 11.6 Å². The molecule has 0 radical (unpaired) electrons.